The fraction of sp³-hybridized carbons (Fsp3) is 1.00. The molecule has 0 radical (unpaired) electrons. The van der Waals surface area contributed by atoms with Gasteiger partial charge in [-0.05, 0) is 85.9 Å². The zero-order valence-electron chi connectivity index (χ0n) is 17.3. The first-order chi connectivity index (χ1) is 12.8. The minimum Gasteiger partial charge on any atom is -0.393 e. The van der Waals surface area contributed by atoms with Crippen LogP contribution in [0.3, 0.4) is 0 Å². The number of aliphatic hydroxyl groups is 2. The summed E-state index contributed by atoms with van der Waals surface area (Å²) in [6.07, 6.45) is 8.30. The van der Waals surface area contributed by atoms with E-state index in [0.29, 0.717) is 29.6 Å². The molecule has 4 nitrogen and oxygen atoms in total. The highest BCUT2D eigenvalue weighted by Gasteiger charge is 2.64. The third kappa shape index (κ3) is 2.55. The molecular weight excluding hydrogens is 340 g/mol. The molecule has 4 aliphatic carbocycles. The highest BCUT2D eigenvalue weighted by Crippen LogP contribution is 2.68. The lowest BCUT2D eigenvalue weighted by Gasteiger charge is -2.63. The second-order valence-corrected chi connectivity index (χ2v) is 11.1. The van der Waals surface area contributed by atoms with E-state index in [2.05, 4.69) is 13.8 Å². The van der Waals surface area contributed by atoms with Crippen LogP contribution in [0.4, 0.5) is 0 Å². The van der Waals surface area contributed by atoms with Crippen molar-refractivity contribution in [2.45, 2.75) is 90.1 Å². The SMILES string of the molecule is CC(O)C1CCC2C3CCC4CC5(CCC4(C)C3[C@@H](O)CC12C)OCCO5. The average molecular weight is 379 g/mol. The van der Waals surface area contributed by atoms with Crippen LogP contribution in [0.25, 0.3) is 0 Å². The van der Waals surface area contributed by atoms with Gasteiger partial charge in [0.1, 0.15) is 0 Å². The molecule has 1 aliphatic heterocycles. The standard InChI is InChI=1S/C23H38O4/c1-14(24)17-6-7-18-16-5-4-15-12-23(26-10-11-27-23)9-8-21(15,2)20(16)19(25)13-22(17,18)3/h14-20,24-25H,4-13H2,1-3H3/t14?,15?,16?,17?,18?,19-,20?,21?,22?/m0/s1. The largest absolute Gasteiger partial charge is 0.393 e. The van der Waals surface area contributed by atoms with Crippen molar-refractivity contribution in [1.29, 1.82) is 0 Å². The van der Waals surface area contributed by atoms with Gasteiger partial charge in [-0.25, -0.2) is 0 Å². The molecule has 0 aromatic rings. The van der Waals surface area contributed by atoms with Crippen LogP contribution in [-0.4, -0.2) is 41.4 Å². The lowest BCUT2D eigenvalue weighted by Crippen LogP contribution is -2.60. The summed E-state index contributed by atoms with van der Waals surface area (Å²) in [5, 5.41) is 21.8. The summed E-state index contributed by atoms with van der Waals surface area (Å²) in [6, 6.07) is 0. The van der Waals surface area contributed by atoms with Crippen LogP contribution in [0, 0.1) is 40.4 Å². The molecule has 0 bridgehead atoms. The van der Waals surface area contributed by atoms with E-state index in [0.717, 1.165) is 45.3 Å². The molecule has 1 heterocycles. The third-order valence-electron chi connectivity index (χ3n) is 10.1. The van der Waals surface area contributed by atoms with E-state index in [1.54, 1.807) is 0 Å². The molecule has 1 spiro atoms. The normalized spacial score (nSPS) is 55.0. The van der Waals surface area contributed by atoms with Gasteiger partial charge in [0.15, 0.2) is 5.79 Å². The second-order valence-electron chi connectivity index (χ2n) is 11.1. The zero-order chi connectivity index (χ0) is 19.0. The molecule has 0 aromatic heterocycles. The van der Waals surface area contributed by atoms with Gasteiger partial charge in [0, 0.05) is 12.8 Å². The number of fused-ring (bicyclic) bond motifs is 5. The van der Waals surface area contributed by atoms with Crippen LogP contribution in [-0.2, 0) is 9.47 Å². The minimum atomic E-state index is -0.323. The number of rotatable bonds is 1. The molecule has 1 saturated heterocycles. The summed E-state index contributed by atoms with van der Waals surface area (Å²) >= 11 is 0. The Morgan fingerprint density at radius 3 is 2.37 bits per heavy atom. The first-order valence-electron chi connectivity index (χ1n) is 11.4. The van der Waals surface area contributed by atoms with E-state index in [1.165, 1.54) is 19.3 Å². The van der Waals surface area contributed by atoms with Gasteiger partial charge in [0.2, 0.25) is 0 Å². The Kier molecular flexibility index (Phi) is 4.30. The summed E-state index contributed by atoms with van der Waals surface area (Å²) in [5.41, 5.74) is 0.304. The summed E-state index contributed by atoms with van der Waals surface area (Å²) in [4.78, 5) is 0. The van der Waals surface area contributed by atoms with Crippen LogP contribution in [0.1, 0.15) is 72.1 Å². The maximum atomic E-state index is 11.4. The zero-order valence-corrected chi connectivity index (χ0v) is 17.3. The van der Waals surface area contributed by atoms with E-state index in [1.807, 2.05) is 6.92 Å². The Balaban J connectivity index is 1.43. The minimum absolute atomic E-state index is 0.103. The van der Waals surface area contributed by atoms with Gasteiger partial charge in [-0.2, -0.15) is 0 Å². The van der Waals surface area contributed by atoms with E-state index < -0.39 is 0 Å². The van der Waals surface area contributed by atoms with Crippen molar-refractivity contribution >= 4 is 0 Å². The Labute approximate surface area is 164 Å². The van der Waals surface area contributed by atoms with Crippen LogP contribution in [0.2, 0.25) is 0 Å². The van der Waals surface area contributed by atoms with Crippen LogP contribution >= 0.6 is 0 Å². The predicted octanol–water partition coefficient (Wildman–Crippen LogP) is 3.74. The van der Waals surface area contributed by atoms with Crippen molar-refractivity contribution in [3.63, 3.8) is 0 Å². The van der Waals surface area contributed by atoms with Crippen LogP contribution in [0.15, 0.2) is 0 Å². The van der Waals surface area contributed by atoms with E-state index in [9.17, 15) is 10.2 Å². The van der Waals surface area contributed by atoms with Gasteiger partial charge in [0.05, 0.1) is 25.4 Å². The Morgan fingerprint density at radius 1 is 0.926 bits per heavy atom. The van der Waals surface area contributed by atoms with E-state index >= 15 is 0 Å². The lowest BCUT2D eigenvalue weighted by atomic mass is 9.43. The molecule has 4 heteroatoms. The number of hydrogen-bond donors (Lipinski definition) is 2. The monoisotopic (exact) mass is 378 g/mol. The average Bonchev–Trinajstić information content (AvgIpc) is 3.19. The Hall–Kier alpha value is -0.160. The molecule has 0 aromatic carbocycles. The molecule has 154 valence electrons. The molecule has 2 N–H and O–H groups in total. The quantitative estimate of drug-likeness (QED) is 0.730. The second kappa shape index (κ2) is 6.17. The smallest absolute Gasteiger partial charge is 0.168 e. The molecule has 5 aliphatic rings. The number of aliphatic hydroxyl groups excluding tert-OH is 2. The van der Waals surface area contributed by atoms with Gasteiger partial charge in [-0.1, -0.05) is 13.8 Å². The Morgan fingerprint density at radius 2 is 1.67 bits per heavy atom. The number of ether oxygens (including phenoxy) is 2. The highest BCUT2D eigenvalue weighted by atomic mass is 16.7. The Bertz CT molecular complexity index is 585. The van der Waals surface area contributed by atoms with Gasteiger partial charge >= 0.3 is 0 Å². The summed E-state index contributed by atoms with van der Waals surface area (Å²) in [5.74, 6) is 2.30. The molecule has 0 amide bonds. The molecule has 8 unspecified atom stereocenters. The summed E-state index contributed by atoms with van der Waals surface area (Å²) < 4.78 is 12.1. The first kappa shape index (κ1) is 18.8. The highest BCUT2D eigenvalue weighted by molar-refractivity contribution is 5.13. The van der Waals surface area contributed by atoms with Crippen molar-refractivity contribution in [2.75, 3.05) is 13.2 Å². The van der Waals surface area contributed by atoms with Gasteiger partial charge < -0.3 is 19.7 Å². The predicted molar refractivity (Wildman–Crippen MR) is 103 cm³/mol. The van der Waals surface area contributed by atoms with Gasteiger partial charge in [-0.3, -0.25) is 0 Å². The van der Waals surface area contributed by atoms with Gasteiger partial charge in [-0.15, -0.1) is 0 Å². The first-order valence-corrected chi connectivity index (χ1v) is 11.4. The van der Waals surface area contributed by atoms with E-state index in [-0.39, 0.29) is 28.8 Å². The maximum Gasteiger partial charge on any atom is 0.168 e. The van der Waals surface area contributed by atoms with Crippen molar-refractivity contribution in [2.24, 2.45) is 40.4 Å². The lowest BCUT2D eigenvalue weighted by molar-refractivity contribution is -0.243. The van der Waals surface area contributed by atoms with Crippen LogP contribution < -0.4 is 0 Å². The fourth-order valence-corrected chi connectivity index (χ4v) is 8.91. The molecule has 9 atom stereocenters. The number of hydrogen-bond acceptors (Lipinski definition) is 4. The molecule has 5 rings (SSSR count). The molecular formula is C23H38O4. The van der Waals surface area contributed by atoms with Crippen molar-refractivity contribution in [3.05, 3.63) is 0 Å². The van der Waals surface area contributed by atoms with Crippen LogP contribution in [0.5, 0.6) is 0 Å². The van der Waals surface area contributed by atoms with Crippen molar-refractivity contribution in [1.82, 2.24) is 0 Å². The molecule has 5 fully saturated rings. The third-order valence-corrected chi connectivity index (χ3v) is 10.1. The van der Waals surface area contributed by atoms with E-state index in [4.69, 9.17) is 9.47 Å². The van der Waals surface area contributed by atoms with Gasteiger partial charge in [0.25, 0.3) is 0 Å². The summed E-state index contributed by atoms with van der Waals surface area (Å²) in [7, 11) is 0. The van der Waals surface area contributed by atoms with Crippen molar-refractivity contribution < 1.29 is 19.7 Å². The van der Waals surface area contributed by atoms with Crippen molar-refractivity contribution in [3.8, 4) is 0 Å². The topological polar surface area (TPSA) is 58.9 Å². The fourth-order valence-electron chi connectivity index (χ4n) is 8.91. The molecule has 27 heavy (non-hydrogen) atoms. The molecule has 4 saturated carbocycles. The maximum absolute atomic E-state index is 11.4. The summed E-state index contributed by atoms with van der Waals surface area (Å²) in [6.45, 7) is 8.25.